The molecule has 1 heterocycles. The lowest BCUT2D eigenvalue weighted by Crippen LogP contribution is -2.15. The first-order valence-corrected chi connectivity index (χ1v) is 7.58. The molecule has 1 aromatic heterocycles. The Labute approximate surface area is 120 Å². The van der Waals surface area contributed by atoms with E-state index in [1.54, 1.807) is 12.4 Å². The Bertz CT molecular complexity index is 442. The summed E-state index contributed by atoms with van der Waals surface area (Å²) in [5, 5.41) is 0. The second kappa shape index (κ2) is 8.07. The van der Waals surface area contributed by atoms with Gasteiger partial charge in [0.15, 0.2) is 0 Å². The number of aromatic nitrogens is 1. The maximum atomic E-state index is 6.03. The third-order valence-electron chi connectivity index (χ3n) is 3.27. The fourth-order valence-electron chi connectivity index (χ4n) is 2.32. The predicted octanol–water partition coefficient (Wildman–Crippen LogP) is 4.16. The van der Waals surface area contributed by atoms with E-state index in [0.717, 1.165) is 24.2 Å². The van der Waals surface area contributed by atoms with Gasteiger partial charge >= 0.3 is 0 Å². The Morgan fingerprint density at radius 3 is 2.74 bits per heavy atom. The summed E-state index contributed by atoms with van der Waals surface area (Å²) in [6, 6.07) is 1.97. The lowest BCUT2D eigenvalue weighted by molar-refractivity contribution is 0.183. The number of rotatable bonds is 3. The van der Waals surface area contributed by atoms with Gasteiger partial charge in [0, 0.05) is 24.1 Å². The van der Waals surface area contributed by atoms with Crippen molar-refractivity contribution in [1.82, 2.24) is 4.98 Å². The minimum Gasteiger partial charge on any atom is -0.489 e. The molecule has 0 unspecified atom stereocenters. The first-order chi connectivity index (χ1) is 9.38. The van der Waals surface area contributed by atoms with Gasteiger partial charge in [0.1, 0.15) is 5.75 Å². The number of alkyl halides is 1. The summed E-state index contributed by atoms with van der Waals surface area (Å²) >= 11 is 5.60. The van der Waals surface area contributed by atoms with Crippen LogP contribution in [-0.4, -0.2) is 17.0 Å². The van der Waals surface area contributed by atoms with Crippen LogP contribution in [0.1, 0.15) is 50.5 Å². The molecule has 0 atom stereocenters. The van der Waals surface area contributed by atoms with Crippen molar-refractivity contribution in [2.45, 2.75) is 51.0 Å². The first-order valence-electron chi connectivity index (χ1n) is 7.05. The van der Waals surface area contributed by atoms with Gasteiger partial charge in [-0.3, -0.25) is 4.98 Å². The fraction of sp³-hybridized carbons (Fsp3) is 0.562. The highest BCUT2D eigenvalue weighted by atomic mass is 35.5. The van der Waals surface area contributed by atoms with Crippen molar-refractivity contribution >= 4 is 11.6 Å². The molecule has 1 aromatic rings. The highest BCUT2D eigenvalue weighted by molar-refractivity contribution is 6.18. The molecule has 1 aliphatic carbocycles. The molecule has 19 heavy (non-hydrogen) atoms. The van der Waals surface area contributed by atoms with E-state index >= 15 is 0 Å². The second-order valence-corrected chi connectivity index (χ2v) is 5.26. The van der Waals surface area contributed by atoms with Gasteiger partial charge in [-0.15, -0.1) is 11.6 Å². The van der Waals surface area contributed by atoms with Gasteiger partial charge in [0.2, 0.25) is 0 Å². The zero-order valence-corrected chi connectivity index (χ0v) is 12.0. The van der Waals surface area contributed by atoms with E-state index in [-0.39, 0.29) is 0 Å². The maximum absolute atomic E-state index is 6.03. The van der Waals surface area contributed by atoms with E-state index in [4.69, 9.17) is 16.3 Å². The van der Waals surface area contributed by atoms with Crippen molar-refractivity contribution in [3.05, 3.63) is 24.0 Å². The van der Waals surface area contributed by atoms with Crippen molar-refractivity contribution in [2.24, 2.45) is 0 Å². The third-order valence-corrected chi connectivity index (χ3v) is 3.46. The monoisotopic (exact) mass is 277 g/mol. The predicted molar refractivity (Wildman–Crippen MR) is 78.6 cm³/mol. The molecule has 0 aliphatic heterocycles. The Morgan fingerprint density at radius 2 is 2.00 bits per heavy atom. The lowest BCUT2D eigenvalue weighted by Gasteiger charge is -2.16. The van der Waals surface area contributed by atoms with Gasteiger partial charge < -0.3 is 4.74 Å². The van der Waals surface area contributed by atoms with Gasteiger partial charge in [0.25, 0.3) is 0 Å². The van der Waals surface area contributed by atoms with Crippen LogP contribution in [-0.2, 0) is 0 Å². The number of halogens is 1. The summed E-state index contributed by atoms with van der Waals surface area (Å²) in [5.74, 6) is 7.48. The summed E-state index contributed by atoms with van der Waals surface area (Å²) in [4.78, 5) is 4.19. The highest BCUT2D eigenvalue weighted by Gasteiger charge is 2.13. The highest BCUT2D eigenvalue weighted by Crippen LogP contribution is 2.22. The molecule has 0 amide bonds. The Balaban J connectivity index is 1.96. The molecular formula is C16H20ClNO. The average molecular weight is 278 g/mol. The van der Waals surface area contributed by atoms with Crippen LogP contribution in [0, 0.1) is 11.8 Å². The van der Waals surface area contributed by atoms with Crippen LogP contribution in [0.5, 0.6) is 5.75 Å². The minimum atomic E-state index is 0.343. The number of pyridine rings is 1. The average Bonchev–Trinajstić information content (AvgIpc) is 2.68. The molecule has 1 aliphatic rings. The zero-order valence-electron chi connectivity index (χ0n) is 11.2. The molecule has 0 radical (unpaired) electrons. The molecule has 3 heteroatoms. The largest absolute Gasteiger partial charge is 0.489 e. The quantitative estimate of drug-likeness (QED) is 0.470. The van der Waals surface area contributed by atoms with Gasteiger partial charge in [-0.2, -0.15) is 0 Å². The van der Waals surface area contributed by atoms with Crippen molar-refractivity contribution in [2.75, 3.05) is 5.88 Å². The van der Waals surface area contributed by atoms with E-state index in [1.165, 1.54) is 25.7 Å². The Hall–Kier alpha value is -1.20. The topological polar surface area (TPSA) is 22.1 Å². The van der Waals surface area contributed by atoms with E-state index < -0.39 is 0 Å². The van der Waals surface area contributed by atoms with Gasteiger partial charge in [-0.25, -0.2) is 0 Å². The molecule has 0 aromatic carbocycles. The summed E-state index contributed by atoms with van der Waals surface area (Å²) < 4.78 is 6.03. The van der Waals surface area contributed by atoms with Crippen molar-refractivity contribution in [3.8, 4) is 17.6 Å². The summed E-state index contributed by atoms with van der Waals surface area (Å²) in [6.07, 6.45) is 12.1. The fourth-order valence-corrected chi connectivity index (χ4v) is 2.41. The standard InChI is InChI=1S/C16H20ClNO/c17-10-6-5-7-14-11-16(13-18-12-14)19-15-8-3-1-2-4-9-15/h11-13,15H,1-4,6,8-10H2. The number of ether oxygens (including phenoxy) is 1. The second-order valence-electron chi connectivity index (χ2n) is 4.88. The molecule has 0 saturated heterocycles. The van der Waals surface area contributed by atoms with Gasteiger partial charge in [-0.05, 0) is 31.7 Å². The first kappa shape index (κ1) is 14.2. The Morgan fingerprint density at radius 1 is 1.21 bits per heavy atom. The van der Waals surface area contributed by atoms with Crippen molar-refractivity contribution in [1.29, 1.82) is 0 Å². The van der Waals surface area contributed by atoms with Crippen molar-refractivity contribution in [3.63, 3.8) is 0 Å². The number of nitrogens with zero attached hydrogens (tertiary/aromatic N) is 1. The van der Waals surface area contributed by atoms with Crippen LogP contribution in [0.4, 0.5) is 0 Å². The molecule has 0 bridgehead atoms. The molecule has 1 fully saturated rings. The molecule has 1 saturated carbocycles. The summed E-state index contributed by atoms with van der Waals surface area (Å²) in [5.41, 5.74) is 0.899. The van der Waals surface area contributed by atoms with Crippen LogP contribution in [0.3, 0.4) is 0 Å². The normalized spacial score (nSPS) is 16.3. The number of hydrogen-bond donors (Lipinski definition) is 0. The third kappa shape index (κ3) is 5.12. The van der Waals surface area contributed by atoms with Crippen LogP contribution in [0.25, 0.3) is 0 Å². The van der Waals surface area contributed by atoms with E-state index in [9.17, 15) is 0 Å². The molecule has 0 spiro atoms. The Kier molecular flexibility index (Phi) is 6.04. The number of hydrogen-bond acceptors (Lipinski definition) is 2. The smallest absolute Gasteiger partial charge is 0.139 e. The maximum Gasteiger partial charge on any atom is 0.139 e. The van der Waals surface area contributed by atoms with Crippen LogP contribution in [0.2, 0.25) is 0 Å². The van der Waals surface area contributed by atoms with Gasteiger partial charge in [0.05, 0.1) is 12.3 Å². The van der Waals surface area contributed by atoms with Gasteiger partial charge in [-0.1, -0.05) is 24.7 Å². The summed E-state index contributed by atoms with van der Waals surface area (Å²) in [7, 11) is 0. The molecule has 0 N–H and O–H groups in total. The zero-order chi connectivity index (χ0) is 13.3. The molecular weight excluding hydrogens is 258 g/mol. The van der Waals surface area contributed by atoms with Crippen LogP contribution >= 0.6 is 11.6 Å². The molecule has 2 rings (SSSR count). The van der Waals surface area contributed by atoms with Crippen molar-refractivity contribution < 1.29 is 4.74 Å². The van der Waals surface area contributed by atoms with E-state index in [1.807, 2.05) is 6.07 Å². The SMILES string of the molecule is ClCCC#Cc1cncc(OC2CCCCCC2)c1. The molecule has 2 nitrogen and oxygen atoms in total. The lowest BCUT2D eigenvalue weighted by atomic mass is 10.1. The van der Waals surface area contributed by atoms with E-state index in [2.05, 4.69) is 16.8 Å². The van der Waals surface area contributed by atoms with Crippen LogP contribution in [0.15, 0.2) is 18.5 Å². The van der Waals surface area contributed by atoms with E-state index in [0.29, 0.717) is 18.4 Å². The summed E-state index contributed by atoms with van der Waals surface area (Å²) in [6.45, 7) is 0. The minimum absolute atomic E-state index is 0.343. The molecule has 102 valence electrons. The van der Waals surface area contributed by atoms with Crippen LogP contribution < -0.4 is 4.74 Å².